The minimum Gasteiger partial charge on any atom is -0.388 e. The molecule has 0 saturated carbocycles. The molecule has 0 bridgehead atoms. The number of hydrogen-bond acceptors (Lipinski definition) is 3. The van der Waals surface area contributed by atoms with Crippen molar-refractivity contribution in [3.05, 3.63) is 59.7 Å². The second-order valence-electron chi connectivity index (χ2n) is 4.74. The second-order valence-corrected chi connectivity index (χ2v) is 4.74. The molecule has 0 spiro atoms. The highest BCUT2D eigenvalue weighted by atomic mass is 16.3. The predicted molar refractivity (Wildman–Crippen MR) is 80.9 cm³/mol. The molecule has 0 fully saturated rings. The summed E-state index contributed by atoms with van der Waals surface area (Å²) < 4.78 is 0. The summed E-state index contributed by atoms with van der Waals surface area (Å²) in [5.41, 5.74) is 3.56. The largest absolute Gasteiger partial charge is 0.388 e. The number of aliphatic hydroxyl groups excluding tert-OH is 1. The minimum atomic E-state index is -0.406. The number of aliphatic hydroxyl groups is 1. The normalized spacial score (nSPS) is 11.7. The van der Waals surface area contributed by atoms with E-state index in [1.807, 2.05) is 61.3 Å². The molecule has 1 N–H and O–H groups in total. The average Bonchev–Trinajstić information content (AvgIpc) is 2.53. The fourth-order valence-electron chi connectivity index (χ4n) is 2.09. The molecule has 2 aromatic carbocycles. The van der Waals surface area contributed by atoms with Gasteiger partial charge < -0.3 is 10.0 Å². The van der Waals surface area contributed by atoms with E-state index in [1.165, 1.54) is 0 Å². The average molecular weight is 266 g/mol. The smallest absolute Gasteiger partial charge is 0.0992 e. The monoisotopic (exact) mass is 266 g/mol. The van der Waals surface area contributed by atoms with E-state index in [9.17, 15) is 5.11 Å². The lowest BCUT2D eigenvalue weighted by atomic mass is 10.1. The van der Waals surface area contributed by atoms with Gasteiger partial charge in [-0.1, -0.05) is 25.1 Å². The summed E-state index contributed by atoms with van der Waals surface area (Å²) in [5, 5.41) is 18.7. The fourth-order valence-corrected chi connectivity index (χ4v) is 2.09. The highest BCUT2D eigenvalue weighted by Crippen LogP contribution is 2.26. The molecule has 3 heteroatoms. The first-order valence-corrected chi connectivity index (χ1v) is 6.67. The van der Waals surface area contributed by atoms with Crippen molar-refractivity contribution in [2.24, 2.45) is 0 Å². The zero-order valence-corrected chi connectivity index (χ0v) is 11.7. The molecule has 102 valence electrons. The fraction of sp³-hybridized carbons (Fsp3) is 0.235. The van der Waals surface area contributed by atoms with Gasteiger partial charge in [0.25, 0.3) is 0 Å². The standard InChI is InChI=1S/C17H18N2O/c1-3-17(20)14-7-9-15(10-8-14)19(2)16-6-4-5-13(11-16)12-18/h4-11,17,20H,3H2,1-2H3. The lowest BCUT2D eigenvalue weighted by Gasteiger charge is -2.20. The third-order valence-corrected chi connectivity index (χ3v) is 3.41. The maximum Gasteiger partial charge on any atom is 0.0992 e. The van der Waals surface area contributed by atoms with Crippen LogP contribution in [0.15, 0.2) is 48.5 Å². The molecule has 2 aromatic rings. The molecule has 0 aliphatic heterocycles. The van der Waals surface area contributed by atoms with Crippen LogP contribution in [0, 0.1) is 11.3 Å². The van der Waals surface area contributed by atoms with Gasteiger partial charge in [0.15, 0.2) is 0 Å². The Morgan fingerprint density at radius 3 is 2.45 bits per heavy atom. The molecule has 2 rings (SSSR count). The van der Waals surface area contributed by atoms with Crippen molar-refractivity contribution < 1.29 is 5.11 Å². The molecule has 1 unspecified atom stereocenters. The van der Waals surface area contributed by atoms with Crippen LogP contribution >= 0.6 is 0 Å². The maximum absolute atomic E-state index is 9.79. The van der Waals surface area contributed by atoms with Crippen LogP contribution in [0.2, 0.25) is 0 Å². The van der Waals surface area contributed by atoms with Crippen LogP contribution < -0.4 is 4.90 Å². The van der Waals surface area contributed by atoms with E-state index in [2.05, 4.69) is 6.07 Å². The third kappa shape index (κ3) is 2.98. The first-order chi connectivity index (χ1) is 9.65. The zero-order valence-electron chi connectivity index (χ0n) is 11.7. The van der Waals surface area contributed by atoms with Gasteiger partial charge in [-0.2, -0.15) is 5.26 Å². The number of hydrogen-bond donors (Lipinski definition) is 1. The van der Waals surface area contributed by atoms with Crippen molar-refractivity contribution >= 4 is 11.4 Å². The molecule has 0 radical (unpaired) electrons. The zero-order chi connectivity index (χ0) is 14.5. The molecular formula is C17H18N2O. The Labute approximate surface area is 119 Å². The molecule has 20 heavy (non-hydrogen) atoms. The van der Waals surface area contributed by atoms with Crippen LogP contribution in [0.4, 0.5) is 11.4 Å². The first kappa shape index (κ1) is 14.1. The van der Waals surface area contributed by atoms with E-state index in [1.54, 1.807) is 6.07 Å². The van der Waals surface area contributed by atoms with E-state index < -0.39 is 6.10 Å². The quantitative estimate of drug-likeness (QED) is 0.916. The number of nitrogens with zero attached hydrogens (tertiary/aromatic N) is 2. The number of anilines is 2. The maximum atomic E-state index is 9.79. The summed E-state index contributed by atoms with van der Waals surface area (Å²) in [6.07, 6.45) is 0.302. The summed E-state index contributed by atoms with van der Waals surface area (Å²) in [7, 11) is 1.96. The Kier molecular flexibility index (Phi) is 4.39. The molecule has 0 aliphatic rings. The molecule has 0 aromatic heterocycles. The van der Waals surface area contributed by atoms with Gasteiger partial charge in [0.05, 0.1) is 17.7 Å². The topological polar surface area (TPSA) is 47.3 Å². The van der Waals surface area contributed by atoms with Crippen LogP contribution in [-0.4, -0.2) is 12.2 Å². The SMILES string of the molecule is CCC(O)c1ccc(N(C)c2cccc(C#N)c2)cc1. The van der Waals surface area contributed by atoms with Crippen molar-refractivity contribution in [2.45, 2.75) is 19.4 Å². The highest BCUT2D eigenvalue weighted by molar-refractivity contribution is 5.64. The molecule has 0 heterocycles. The second kappa shape index (κ2) is 6.23. The van der Waals surface area contributed by atoms with Gasteiger partial charge in [-0.15, -0.1) is 0 Å². The van der Waals surface area contributed by atoms with E-state index in [-0.39, 0.29) is 0 Å². The van der Waals surface area contributed by atoms with Crippen molar-refractivity contribution in [3.8, 4) is 6.07 Å². The van der Waals surface area contributed by atoms with Crippen LogP contribution in [0.5, 0.6) is 0 Å². The Hall–Kier alpha value is -2.31. The summed E-state index contributed by atoms with van der Waals surface area (Å²) in [4.78, 5) is 2.02. The highest BCUT2D eigenvalue weighted by Gasteiger charge is 2.07. The summed E-state index contributed by atoms with van der Waals surface area (Å²) in [6, 6.07) is 17.5. The summed E-state index contributed by atoms with van der Waals surface area (Å²) in [6.45, 7) is 1.96. The van der Waals surface area contributed by atoms with Gasteiger partial charge in [-0.3, -0.25) is 0 Å². The molecular weight excluding hydrogens is 248 g/mol. The van der Waals surface area contributed by atoms with Crippen molar-refractivity contribution in [1.29, 1.82) is 5.26 Å². The number of rotatable bonds is 4. The minimum absolute atomic E-state index is 0.406. The molecule has 0 amide bonds. The van der Waals surface area contributed by atoms with Gasteiger partial charge in [0, 0.05) is 18.4 Å². The third-order valence-electron chi connectivity index (χ3n) is 3.41. The van der Waals surface area contributed by atoms with Crippen LogP contribution in [0.25, 0.3) is 0 Å². The van der Waals surface area contributed by atoms with Crippen molar-refractivity contribution in [2.75, 3.05) is 11.9 Å². The van der Waals surface area contributed by atoms with Crippen molar-refractivity contribution in [3.63, 3.8) is 0 Å². The Bertz CT molecular complexity index is 614. The van der Waals surface area contributed by atoms with Gasteiger partial charge in [-0.05, 0) is 42.3 Å². The number of nitriles is 1. The Morgan fingerprint density at radius 1 is 1.15 bits per heavy atom. The van der Waals surface area contributed by atoms with Gasteiger partial charge in [0.1, 0.15) is 0 Å². The predicted octanol–water partition coefficient (Wildman–Crippen LogP) is 3.77. The molecule has 1 atom stereocenters. The van der Waals surface area contributed by atoms with E-state index in [0.29, 0.717) is 12.0 Å². The Morgan fingerprint density at radius 2 is 1.85 bits per heavy atom. The van der Waals surface area contributed by atoms with Crippen LogP contribution in [0.1, 0.15) is 30.6 Å². The van der Waals surface area contributed by atoms with E-state index in [0.717, 1.165) is 16.9 Å². The molecule has 3 nitrogen and oxygen atoms in total. The summed E-state index contributed by atoms with van der Waals surface area (Å²) >= 11 is 0. The lowest BCUT2D eigenvalue weighted by Crippen LogP contribution is -2.09. The van der Waals surface area contributed by atoms with Crippen LogP contribution in [-0.2, 0) is 0 Å². The first-order valence-electron chi connectivity index (χ1n) is 6.67. The number of benzene rings is 2. The van der Waals surface area contributed by atoms with Gasteiger partial charge >= 0.3 is 0 Å². The molecule has 0 saturated heterocycles. The summed E-state index contributed by atoms with van der Waals surface area (Å²) in [5.74, 6) is 0. The van der Waals surface area contributed by atoms with Crippen LogP contribution in [0.3, 0.4) is 0 Å². The van der Waals surface area contributed by atoms with Gasteiger partial charge in [0.2, 0.25) is 0 Å². The lowest BCUT2D eigenvalue weighted by molar-refractivity contribution is 0.173. The van der Waals surface area contributed by atoms with E-state index in [4.69, 9.17) is 5.26 Å². The van der Waals surface area contributed by atoms with Crippen molar-refractivity contribution in [1.82, 2.24) is 0 Å². The Balaban J connectivity index is 2.24. The van der Waals surface area contributed by atoms with Gasteiger partial charge in [-0.25, -0.2) is 0 Å². The van der Waals surface area contributed by atoms with E-state index >= 15 is 0 Å². The molecule has 0 aliphatic carbocycles.